The van der Waals surface area contributed by atoms with Crippen LogP contribution < -0.4 is 0 Å². The molecule has 26 heavy (non-hydrogen) atoms. The molecule has 1 amide bonds. The van der Waals surface area contributed by atoms with Crippen molar-refractivity contribution in [3.63, 3.8) is 0 Å². The topological polar surface area (TPSA) is 72.9 Å². The first kappa shape index (κ1) is 22.1. The third-order valence-electron chi connectivity index (χ3n) is 4.11. The van der Waals surface area contributed by atoms with Crippen molar-refractivity contribution in [2.45, 2.75) is 58.4 Å². The smallest absolute Gasteiger partial charge is 0.332 e. The minimum absolute atomic E-state index is 0.0253. The lowest BCUT2D eigenvalue weighted by molar-refractivity contribution is -0.148. The molecule has 0 spiro atoms. The minimum atomic E-state index is -0.385. The maximum absolute atomic E-state index is 12.0. The number of hydrogen-bond donors (Lipinski definition) is 0. The molecule has 0 aromatic carbocycles. The number of amides is 1. The molecule has 0 aromatic rings. The van der Waals surface area contributed by atoms with Gasteiger partial charge in [0.05, 0.1) is 19.3 Å². The van der Waals surface area contributed by atoms with Crippen molar-refractivity contribution in [1.29, 1.82) is 0 Å². The Morgan fingerprint density at radius 3 is 2.77 bits per heavy atom. The van der Waals surface area contributed by atoms with Crippen molar-refractivity contribution in [2.75, 3.05) is 26.4 Å². The highest BCUT2D eigenvalue weighted by Crippen LogP contribution is 2.19. The molecule has 0 unspecified atom stereocenters. The molecule has 0 saturated carbocycles. The molecular formula is C20H31NO5. The van der Waals surface area contributed by atoms with Crippen LogP contribution in [-0.2, 0) is 23.9 Å². The zero-order chi connectivity index (χ0) is 19.2. The van der Waals surface area contributed by atoms with E-state index in [0.717, 1.165) is 25.7 Å². The highest BCUT2D eigenvalue weighted by atomic mass is 16.6. The Morgan fingerprint density at radius 2 is 2.04 bits per heavy atom. The fourth-order valence-electron chi connectivity index (χ4n) is 2.71. The summed E-state index contributed by atoms with van der Waals surface area (Å²) >= 11 is 0. The highest BCUT2D eigenvalue weighted by molar-refractivity contribution is 5.90. The summed E-state index contributed by atoms with van der Waals surface area (Å²) in [5.74, 6) is -0.166. The summed E-state index contributed by atoms with van der Waals surface area (Å²) in [6.07, 6.45) is 12.0. The average Bonchev–Trinajstić information content (AvgIpc) is 2.96. The molecule has 1 heterocycles. The standard InChI is InChI=1S/C20H31NO5/c1-3-5-6-9-18(22)12-10-17-11-13-19(23)21(17)14-7-8-15-25-16-20(24)26-4-2/h7-8,10,12,17H,3-6,9,11,13-16H2,1-2H3/t17-/m0/s1. The Morgan fingerprint density at radius 1 is 1.23 bits per heavy atom. The normalized spacial score (nSPS) is 17.5. The third kappa shape index (κ3) is 8.94. The number of esters is 1. The third-order valence-corrected chi connectivity index (χ3v) is 4.11. The Kier molecular flexibility index (Phi) is 11.3. The van der Waals surface area contributed by atoms with Gasteiger partial charge in [0.2, 0.25) is 5.91 Å². The largest absolute Gasteiger partial charge is 0.464 e. The molecule has 0 bridgehead atoms. The molecule has 0 aliphatic carbocycles. The molecule has 1 rings (SSSR count). The predicted octanol–water partition coefficient (Wildman–Crippen LogP) is 2.82. The van der Waals surface area contributed by atoms with Gasteiger partial charge in [-0.1, -0.05) is 38.0 Å². The lowest BCUT2D eigenvalue weighted by Crippen LogP contribution is -2.32. The summed E-state index contributed by atoms with van der Waals surface area (Å²) < 4.78 is 9.93. The zero-order valence-corrected chi connectivity index (χ0v) is 15.9. The zero-order valence-electron chi connectivity index (χ0n) is 15.9. The van der Waals surface area contributed by atoms with E-state index in [2.05, 4.69) is 6.92 Å². The van der Waals surface area contributed by atoms with E-state index in [-0.39, 0.29) is 36.9 Å². The molecule has 6 heteroatoms. The quantitative estimate of drug-likeness (QED) is 0.217. The number of likely N-dealkylation sites (tertiary alicyclic amines) is 1. The fraction of sp³-hybridized carbons (Fsp3) is 0.650. The number of unbranched alkanes of at least 4 members (excludes halogenated alkanes) is 2. The van der Waals surface area contributed by atoms with Crippen LogP contribution in [0.5, 0.6) is 0 Å². The van der Waals surface area contributed by atoms with Gasteiger partial charge in [0.1, 0.15) is 6.61 Å². The predicted molar refractivity (Wildman–Crippen MR) is 99.6 cm³/mol. The van der Waals surface area contributed by atoms with Crippen molar-refractivity contribution >= 4 is 17.7 Å². The summed E-state index contributed by atoms with van der Waals surface area (Å²) in [6, 6.07) is -0.0253. The molecule has 1 atom stereocenters. The monoisotopic (exact) mass is 365 g/mol. The van der Waals surface area contributed by atoms with Crippen molar-refractivity contribution in [1.82, 2.24) is 4.90 Å². The number of carbonyl (C=O) groups is 3. The van der Waals surface area contributed by atoms with Crippen molar-refractivity contribution in [2.24, 2.45) is 0 Å². The van der Waals surface area contributed by atoms with Crippen LogP contribution in [0.1, 0.15) is 52.4 Å². The SMILES string of the molecule is CCCCCC(=O)C=C[C@H]1CCC(=O)N1CC=CCOCC(=O)OCC. The van der Waals surface area contributed by atoms with Crippen molar-refractivity contribution < 1.29 is 23.9 Å². The summed E-state index contributed by atoms with van der Waals surface area (Å²) in [6.45, 7) is 4.88. The Labute approximate surface area is 156 Å². The number of carbonyl (C=O) groups excluding carboxylic acids is 3. The summed E-state index contributed by atoms with van der Waals surface area (Å²) in [5.41, 5.74) is 0. The van der Waals surface area contributed by atoms with Gasteiger partial charge in [-0.3, -0.25) is 9.59 Å². The van der Waals surface area contributed by atoms with Crippen molar-refractivity contribution in [3.05, 3.63) is 24.3 Å². The number of hydrogen-bond acceptors (Lipinski definition) is 5. The van der Waals surface area contributed by atoms with Gasteiger partial charge >= 0.3 is 5.97 Å². The Balaban J connectivity index is 2.34. The molecule has 146 valence electrons. The minimum Gasteiger partial charge on any atom is -0.464 e. The Bertz CT molecular complexity index is 512. The van der Waals surface area contributed by atoms with E-state index in [1.807, 2.05) is 12.2 Å². The molecule has 1 aliphatic heterocycles. The second kappa shape index (κ2) is 13.3. The molecule has 1 fully saturated rings. The van der Waals surface area contributed by atoms with Crippen molar-refractivity contribution in [3.8, 4) is 0 Å². The molecule has 0 N–H and O–H groups in total. The van der Waals surface area contributed by atoms with Gasteiger partial charge in [0.25, 0.3) is 0 Å². The van der Waals surface area contributed by atoms with Crippen LogP contribution in [0.25, 0.3) is 0 Å². The number of ketones is 1. The average molecular weight is 365 g/mol. The molecule has 6 nitrogen and oxygen atoms in total. The summed E-state index contributed by atoms with van der Waals surface area (Å²) in [7, 11) is 0. The van der Waals surface area contributed by atoms with Gasteiger partial charge in [-0.15, -0.1) is 0 Å². The van der Waals surface area contributed by atoms with E-state index < -0.39 is 0 Å². The second-order valence-electron chi connectivity index (χ2n) is 6.23. The van der Waals surface area contributed by atoms with Crippen LogP contribution >= 0.6 is 0 Å². The number of rotatable bonds is 13. The Hall–Kier alpha value is -1.95. The van der Waals surface area contributed by atoms with Crippen LogP contribution in [0.3, 0.4) is 0 Å². The first-order chi connectivity index (χ1) is 12.6. The fourth-order valence-corrected chi connectivity index (χ4v) is 2.71. The molecular weight excluding hydrogens is 334 g/mol. The first-order valence-electron chi connectivity index (χ1n) is 9.47. The van der Waals surface area contributed by atoms with E-state index >= 15 is 0 Å². The van der Waals surface area contributed by atoms with Gasteiger partial charge in [-0.05, 0) is 25.8 Å². The van der Waals surface area contributed by atoms with Gasteiger partial charge in [0.15, 0.2) is 5.78 Å². The second-order valence-corrected chi connectivity index (χ2v) is 6.23. The van der Waals surface area contributed by atoms with E-state index in [4.69, 9.17) is 9.47 Å². The summed E-state index contributed by atoms with van der Waals surface area (Å²) in [5, 5.41) is 0. The first-order valence-corrected chi connectivity index (χ1v) is 9.47. The van der Waals surface area contributed by atoms with Gasteiger partial charge in [0, 0.05) is 19.4 Å². The number of nitrogens with zero attached hydrogens (tertiary/aromatic N) is 1. The van der Waals surface area contributed by atoms with E-state index in [1.54, 1.807) is 24.0 Å². The molecule has 1 saturated heterocycles. The lowest BCUT2D eigenvalue weighted by atomic mass is 10.1. The van der Waals surface area contributed by atoms with E-state index in [0.29, 0.717) is 26.0 Å². The van der Waals surface area contributed by atoms with Gasteiger partial charge in [-0.2, -0.15) is 0 Å². The van der Waals surface area contributed by atoms with E-state index in [1.165, 1.54) is 0 Å². The van der Waals surface area contributed by atoms with Crippen LogP contribution in [0.2, 0.25) is 0 Å². The highest BCUT2D eigenvalue weighted by Gasteiger charge is 2.27. The van der Waals surface area contributed by atoms with Gasteiger partial charge < -0.3 is 14.4 Å². The van der Waals surface area contributed by atoms with Gasteiger partial charge in [-0.25, -0.2) is 4.79 Å². The van der Waals surface area contributed by atoms with Crippen LogP contribution in [0.15, 0.2) is 24.3 Å². The van der Waals surface area contributed by atoms with Crippen LogP contribution in [-0.4, -0.2) is 55.0 Å². The lowest BCUT2D eigenvalue weighted by Gasteiger charge is -2.20. The van der Waals surface area contributed by atoms with E-state index in [9.17, 15) is 14.4 Å². The number of allylic oxidation sites excluding steroid dienone is 1. The molecule has 0 radical (unpaired) electrons. The maximum atomic E-state index is 12.0. The molecule has 1 aliphatic rings. The maximum Gasteiger partial charge on any atom is 0.332 e. The van der Waals surface area contributed by atoms with Crippen LogP contribution in [0.4, 0.5) is 0 Å². The summed E-state index contributed by atoms with van der Waals surface area (Å²) in [4.78, 5) is 36.7. The number of ether oxygens (including phenoxy) is 2. The van der Waals surface area contributed by atoms with Crippen LogP contribution in [0, 0.1) is 0 Å². The molecule has 0 aromatic heterocycles.